The van der Waals surface area contributed by atoms with Gasteiger partial charge in [0.05, 0.1) is 12.6 Å². The molecule has 0 saturated carbocycles. The summed E-state index contributed by atoms with van der Waals surface area (Å²) in [5.74, 6) is 0.797. The Kier molecular flexibility index (Phi) is 2.84. The fourth-order valence-electron chi connectivity index (χ4n) is 1.79. The van der Waals surface area contributed by atoms with Gasteiger partial charge in [-0.2, -0.15) is 0 Å². The van der Waals surface area contributed by atoms with E-state index in [2.05, 4.69) is 15.1 Å². The smallest absolute Gasteiger partial charge is 0.151 e. The number of halogens is 1. The zero-order chi connectivity index (χ0) is 9.97. The Balaban J connectivity index is 2.17. The van der Waals surface area contributed by atoms with Crippen LogP contribution in [0.4, 0.5) is 5.82 Å². The Morgan fingerprint density at radius 2 is 2.36 bits per heavy atom. The SMILES string of the molecule is OCC1CCCN1c1ccc(Cl)nn1. The molecule has 0 aliphatic carbocycles. The predicted molar refractivity (Wildman–Crippen MR) is 54.5 cm³/mol. The lowest BCUT2D eigenvalue weighted by atomic mass is 10.2. The number of nitrogens with zero attached hydrogens (tertiary/aromatic N) is 3. The van der Waals surface area contributed by atoms with Crippen molar-refractivity contribution in [3.05, 3.63) is 17.3 Å². The van der Waals surface area contributed by atoms with E-state index in [0.29, 0.717) is 5.15 Å². The molecule has 0 spiro atoms. The molecule has 2 rings (SSSR count). The molecule has 1 saturated heterocycles. The van der Waals surface area contributed by atoms with E-state index in [0.717, 1.165) is 25.2 Å². The Morgan fingerprint density at radius 1 is 1.50 bits per heavy atom. The number of aliphatic hydroxyl groups is 1. The third-order valence-corrected chi connectivity index (χ3v) is 2.70. The summed E-state index contributed by atoms with van der Waals surface area (Å²) in [7, 11) is 0. The van der Waals surface area contributed by atoms with Gasteiger partial charge < -0.3 is 10.0 Å². The Labute approximate surface area is 87.5 Å². The minimum atomic E-state index is 0.171. The lowest BCUT2D eigenvalue weighted by Crippen LogP contribution is -2.32. The van der Waals surface area contributed by atoms with E-state index in [1.165, 1.54) is 0 Å². The van der Waals surface area contributed by atoms with Gasteiger partial charge in [-0.15, -0.1) is 10.2 Å². The van der Waals surface area contributed by atoms with Crippen LogP contribution in [0.1, 0.15) is 12.8 Å². The summed E-state index contributed by atoms with van der Waals surface area (Å²) in [6.45, 7) is 1.10. The average molecular weight is 214 g/mol. The second kappa shape index (κ2) is 4.11. The molecule has 0 bridgehead atoms. The maximum atomic E-state index is 9.14. The van der Waals surface area contributed by atoms with E-state index in [4.69, 9.17) is 16.7 Å². The average Bonchev–Trinajstić information content (AvgIpc) is 2.67. The molecule has 76 valence electrons. The monoisotopic (exact) mass is 213 g/mol. The number of rotatable bonds is 2. The first-order chi connectivity index (χ1) is 6.81. The first-order valence-corrected chi connectivity index (χ1v) is 5.06. The second-order valence-electron chi connectivity index (χ2n) is 3.39. The summed E-state index contributed by atoms with van der Waals surface area (Å²) in [5.41, 5.74) is 0. The molecule has 1 aliphatic heterocycles. The maximum absolute atomic E-state index is 9.14. The van der Waals surface area contributed by atoms with Gasteiger partial charge in [0.25, 0.3) is 0 Å². The highest BCUT2D eigenvalue weighted by Gasteiger charge is 2.24. The minimum absolute atomic E-state index is 0.171. The van der Waals surface area contributed by atoms with Crippen molar-refractivity contribution in [1.82, 2.24) is 10.2 Å². The molecule has 5 heteroatoms. The molecule has 14 heavy (non-hydrogen) atoms. The van der Waals surface area contributed by atoms with Crippen LogP contribution >= 0.6 is 11.6 Å². The number of anilines is 1. The molecular weight excluding hydrogens is 202 g/mol. The van der Waals surface area contributed by atoms with Crippen LogP contribution in [0.3, 0.4) is 0 Å². The van der Waals surface area contributed by atoms with E-state index in [1.807, 2.05) is 6.07 Å². The Morgan fingerprint density at radius 3 is 3.00 bits per heavy atom. The largest absolute Gasteiger partial charge is 0.394 e. The molecule has 1 fully saturated rings. The number of aliphatic hydroxyl groups excluding tert-OH is 1. The lowest BCUT2D eigenvalue weighted by molar-refractivity contribution is 0.266. The Hall–Kier alpha value is -0.870. The zero-order valence-corrected chi connectivity index (χ0v) is 8.48. The Bertz CT molecular complexity index is 303. The van der Waals surface area contributed by atoms with Gasteiger partial charge in [-0.05, 0) is 25.0 Å². The molecule has 0 amide bonds. The fraction of sp³-hybridized carbons (Fsp3) is 0.556. The van der Waals surface area contributed by atoms with Crippen LogP contribution in [0.25, 0.3) is 0 Å². The highest BCUT2D eigenvalue weighted by molar-refractivity contribution is 6.29. The van der Waals surface area contributed by atoms with Crippen LogP contribution in [0.15, 0.2) is 12.1 Å². The van der Waals surface area contributed by atoms with Crippen molar-refractivity contribution in [2.75, 3.05) is 18.1 Å². The van der Waals surface area contributed by atoms with Gasteiger partial charge in [0, 0.05) is 6.54 Å². The maximum Gasteiger partial charge on any atom is 0.151 e. The lowest BCUT2D eigenvalue weighted by Gasteiger charge is -2.23. The quantitative estimate of drug-likeness (QED) is 0.799. The van der Waals surface area contributed by atoms with E-state index >= 15 is 0 Å². The molecule has 4 nitrogen and oxygen atoms in total. The van der Waals surface area contributed by atoms with E-state index in [9.17, 15) is 0 Å². The molecule has 1 unspecified atom stereocenters. The number of hydrogen-bond acceptors (Lipinski definition) is 4. The molecule has 1 aliphatic rings. The van der Waals surface area contributed by atoms with Crippen molar-refractivity contribution in [3.63, 3.8) is 0 Å². The second-order valence-corrected chi connectivity index (χ2v) is 3.77. The molecule has 1 aromatic rings. The number of hydrogen-bond donors (Lipinski definition) is 1. The van der Waals surface area contributed by atoms with Crippen molar-refractivity contribution in [2.45, 2.75) is 18.9 Å². The fourth-order valence-corrected chi connectivity index (χ4v) is 1.89. The molecule has 0 aromatic carbocycles. The first kappa shape index (κ1) is 9.68. The highest BCUT2D eigenvalue weighted by Crippen LogP contribution is 2.23. The van der Waals surface area contributed by atoms with Gasteiger partial charge in [0.2, 0.25) is 0 Å². The van der Waals surface area contributed by atoms with Crippen molar-refractivity contribution in [1.29, 1.82) is 0 Å². The van der Waals surface area contributed by atoms with Crippen LogP contribution < -0.4 is 4.90 Å². The van der Waals surface area contributed by atoms with Crippen molar-refractivity contribution < 1.29 is 5.11 Å². The predicted octanol–water partition coefficient (Wildman–Crippen LogP) is 1.09. The molecule has 1 N–H and O–H groups in total. The van der Waals surface area contributed by atoms with Crippen LogP contribution in [0.5, 0.6) is 0 Å². The summed E-state index contributed by atoms with van der Waals surface area (Å²) in [6, 6.07) is 3.74. The van der Waals surface area contributed by atoms with Crippen LogP contribution in [0.2, 0.25) is 5.15 Å². The topological polar surface area (TPSA) is 49.2 Å². The molecule has 0 radical (unpaired) electrons. The molecule has 1 aromatic heterocycles. The van der Waals surface area contributed by atoms with Crippen LogP contribution in [-0.2, 0) is 0 Å². The van der Waals surface area contributed by atoms with Gasteiger partial charge in [-0.3, -0.25) is 0 Å². The first-order valence-electron chi connectivity index (χ1n) is 4.68. The van der Waals surface area contributed by atoms with Crippen molar-refractivity contribution >= 4 is 17.4 Å². The molecule has 2 heterocycles. The third kappa shape index (κ3) is 1.81. The summed E-state index contributed by atoms with van der Waals surface area (Å²) >= 11 is 5.65. The number of aromatic nitrogens is 2. The van der Waals surface area contributed by atoms with Gasteiger partial charge >= 0.3 is 0 Å². The van der Waals surface area contributed by atoms with Crippen LogP contribution in [0, 0.1) is 0 Å². The summed E-state index contributed by atoms with van der Waals surface area (Å²) in [4.78, 5) is 2.07. The molecular formula is C9H12ClN3O. The normalized spacial score (nSPS) is 21.6. The summed E-state index contributed by atoms with van der Waals surface area (Å²) in [5, 5.41) is 17.3. The zero-order valence-electron chi connectivity index (χ0n) is 7.73. The van der Waals surface area contributed by atoms with Crippen molar-refractivity contribution in [2.24, 2.45) is 0 Å². The van der Waals surface area contributed by atoms with Gasteiger partial charge in [-0.25, -0.2) is 0 Å². The summed E-state index contributed by atoms with van der Waals surface area (Å²) < 4.78 is 0. The van der Waals surface area contributed by atoms with Gasteiger partial charge in [-0.1, -0.05) is 11.6 Å². The summed E-state index contributed by atoms with van der Waals surface area (Å²) in [6.07, 6.45) is 2.11. The minimum Gasteiger partial charge on any atom is -0.394 e. The van der Waals surface area contributed by atoms with Gasteiger partial charge in [0.15, 0.2) is 11.0 Å². The van der Waals surface area contributed by atoms with E-state index in [-0.39, 0.29) is 12.6 Å². The third-order valence-electron chi connectivity index (χ3n) is 2.50. The van der Waals surface area contributed by atoms with E-state index < -0.39 is 0 Å². The van der Waals surface area contributed by atoms with Gasteiger partial charge in [0.1, 0.15) is 0 Å². The van der Waals surface area contributed by atoms with Crippen molar-refractivity contribution in [3.8, 4) is 0 Å². The highest BCUT2D eigenvalue weighted by atomic mass is 35.5. The van der Waals surface area contributed by atoms with Crippen LogP contribution in [-0.4, -0.2) is 34.5 Å². The molecule has 1 atom stereocenters. The van der Waals surface area contributed by atoms with E-state index in [1.54, 1.807) is 6.07 Å². The standard InChI is InChI=1S/C9H12ClN3O/c10-8-3-4-9(12-11-8)13-5-1-2-7(13)6-14/h3-4,7,14H,1-2,5-6H2.